The Balaban J connectivity index is 1.28. The first kappa shape index (κ1) is 23.8. The quantitative estimate of drug-likeness (QED) is 0.230. The molecule has 1 aliphatic carbocycles. The number of carbonyl (C=O) groups is 2. The first-order valence-electron chi connectivity index (χ1n) is 12.8. The Bertz CT molecular complexity index is 1630. The Morgan fingerprint density at radius 2 is 1.95 bits per heavy atom. The third-order valence-electron chi connectivity index (χ3n) is 7.36. The van der Waals surface area contributed by atoms with Crippen molar-refractivity contribution in [2.24, 2.45) is 0 Å². The highest BCUT2D eigenvalue weighted by molar-refractivity contribution is 5.99. The van der Waals surface area contributed by atoms with Crippen LogP contribution < -0.4 is 5.32 Å². The number of carboxylic acids is 1. The van der Waals surface area contributed by atoms with Crippen LogP contribution >= 0.6 is 0 Å². The summed E-state index contributed by atoms with van der Waals surface area (Å²) in [5.41, 5.74) is 4.28. The number of nitrogens with one attached hydrogen (secondary N) is 2. The standard InChI is InChI=1S/C29H28N4O5/c34-22-7-8-23-19(13-22)12-20(30-23)15-25(29(36)37)32-28(35)17-6-9-26-24(14-17)31-27(18-10-11-38-16-18)33(26)21-4-2-1-3-5-21/h6-14,16,21,25,30,34H,1-5,15H2,(H,32,35)(H,36,37)/t25-/m0/s1. The van der Waals surface area contributed by atoms with Crippen LogP contribution in [0.5, 0.6) is 5.75 Å². The zero-order valence-corrected chi connectivity index (χ0v) is 20.7. The predicted molar refractivity (Wildman–Crippen MR) is 142 cm³/mol. The molecule has 3 heterocycles. The zero-order chi connectivity index (χ0) is 26.2. The fourth-order valence-electron chi connectivity index (χ4n) is 5.50. The van der Waals surface area contributed by atoms with E-state index >= 15 is 0 Å². The monoisotopic (exact) mass is 512 g/mol. The number of H-pyrrole nitrogens is 1. The van der Waals surface area contributed by atoms with Gasteiger partial charge in [0.15, 0.2) is 0 Å². The molecular weight excluding hydrogens is 484 g/mol. The minimum absolute atomic E-state index is 0.0692. The minimum Gasteiger partial charge on any atom is -0.508 e. The van der Waals surface area contributed by atoms with Gasteiger partial charge in [-0.2, -0.15) is 0 Å². The molecule has 1 saturated carbocycles. The van der Waals surface area contributed by atoms with Crippen molar-refractivity contribution in [1.82, 2.24) is 19.9 Å². The fraction of sp³-hybridized carbons (Fsp3) is 0.276. The van der Waals surface area contributed by atoms with Crippen molar-refractivity contribution in [1.29, 1.82) is 0 Å². The number of aromatic hydroxyl groups is 1. The number of rotatable bonds is 7. The molecule has 1 fully saturated rings. The van der Waals surface area contributed by atoms with Gasteiger partial charge in [-0.25, -0.2) is 9.78 Å². The maximum atomic E-state index is 13.2. The molecule has 0 saturated heterocycles. The summed E-state index contributed by atoms with van der Waals surface area (Å²) in [7, 11) is 0. The number of aliphatic carboxylic acids is 1. The van der Waals surface area contributed by atoms with Crippen LogP contribution in [0.4, 0.5) is 0 Å². The van der Waals surface area contributed by atoms with Gasteiger partial charge in [0.1, 0.15) is 23.9 Å². The van der Waals surface area contributed by atoms with E-state index in [0.29, 0.717) is 22.8 Å². The van der Waals surface area contributed by atoms with Gasteiger partial charge in [-0.3, -0.25) is 4.79 Å². The van der Waals surface area contributed by atoms with E-state index in [1.807, 2.05) is 12.1 Å². The number of fused-ring (bicyclic) bond motifs is 2. The van der Waals surface area contributed by atoms with Crippen molar-refractivity contribution in [2.75, 3.05) is 0 Å². The largest absolute Gasteiger partial charge is 0.508 e. The second-order valence-corrected chi connectivity index (χ2v) is 9.95. The van der Waals surface area contributed by atoms with E-state index in [1.165, 1.54) is 19.3 Å². The van der Waals surface area contributed by atoms with Crippen molar-refractivity contribution >= 4 is 33.8 Å². The molecule has 1 aliphatic rings. The maximum absolute atomic E-state index is 13.2. The van der Waals surface area contributed by atoms with Gasteiger partial charge < -0.3 is 29.5 Å². The molecule has 5 aromatic rings. The number of nitrogens with zero attached hydrogens (tertiary/aromatic N) is 2. The molecule has 1 atom stereocenters. The summed E-state index contributed by atoms with van der Waals surface area (Å²) in [5.74, 6) is -0.676. The topological polar surface area (TPSA) is 133 Å². The Hall–Kier alpha value is -4.53. The molecule has 0 radical (unpaired) electrons. The molecule has 3 aromatic heterocycles. The molecule has 1 amide bonds. The summed E-state index contributed by atoms with van der Waals surface area (Å²) in [4.78, 5) is 33.2. The molecule has 194 valence electrons. The lowest BCUT2D eigenvalue weighted by Gasteiger charge is -2.25. The van der Waals surface area contributed by atoms with Crippen LogP contribution in [0.1, 0.15) is 54.2 Å². The van der Waals surface area contributed by atoms with Crippen LogP contribution in [-0.4, -0.2) is 42.7 Å². The number of amides is 1. The molecule has 0 bridgehead atoms. The summed E-state index contributed by atoms with van der Waals surface area (Å²) in [6.07, 6.45) is 9.10. The number of hydrogen-bond acceptors (Lipinski definition) is 5. The van der Waals surface area contributed by atoms with Crippen molar-refractivity contribution in [3.63, 3.8) is 0 Å². The molecule has 0 unspecified atom stereocenters. The lowest BCUT2D eigenvalue weighted by atomic mass is 9.95. The van der Waals surface area contributed by atoms with Crippen molar-refractivity contribution in [3.05, 3.63) is 72.3 Å². The number of carbonyl (C=O) groups excluding carboxylic acids is 1. The maximum Gasteiger partial charge on any atom is 0.326 e. The number of phenolic OH excluding ortho intramolecular Hbond substituents is 1. The van der Waals surface area contributed by atoms with Gasteiger partial charge >= 0.3 is 5.97 Å². The molecule has 9 heteroatoms. The molecule has 4 N–H and O–H groups in total. The average molecular weight is 513 g/mol. The smallest absolute Gasteiger partial charge is 0.326 e. The second-order valence-electron chi connectivity index (χ2n) is 9.95. The van der Waals surface area contributed by atoms with E-state index in [9.17, 15) is 19.8 Å². The van der Waals surface area contributed by atoms with E-state index in [2.05, 4.69) is 14.9 Å². The number of carboxylic acid groups (broad SMARTS) is 1. The Kier molecular flexibility index (Phi) is 6.11. The van der Waals surface area contributed by atoms with Crippen molar-refractivity contribution in [3.8, 4) is 17.1 Å². The van der Waals surface area contributed by atoms with E-state index in [-0.39, 0.29) is 12.2 Å². The number of aromatic amines is 1. The lowest BCUT2D eigenvalue weighted by Crippen LogP contribution is -2.42. The van der Waals surface area contributed by atoms with Crippen LogP contribution in [0.2, 0.25) is 0 Å². The van der Waals surface area contributed by atoms with Crippen LogP contribution in [0.25, 0.3) is 33.3 Å². The third kappa shape index (κ3) is 4.51. The van der Waals surface area contributed by atoms with Crippen LogP contribution in [0.15, 0.2) is 65.5 Å². The third-order valence-corrected chi connectivity index (χ3v) is 7.36. The molecule has 38 heavy (non-hydrogen) atoms. The molecule has 9 nitrogen and oxygen atoms in total. The molecule has 0 aliphatic heterocycles. The first-order chi connectivity index (χ1) is 18.5. The Morgan fingerprint density at radius 1 is 1.11 bits per heavy atom. The molecule has 6 rings (SSSR count). The van der Waals surface area contributed by atoms with Gasteiger partial charge in [-0.1, -0.05) is 19.3 Å². The van der Waals surface area contributed by atoms with Gasteiger partial charge in [0.2, 0.25) is 0 Å². The minimum atomic E-state index is -1.14. The lowest BCUT2D eigenvalue weighted by molar-refractivity contribution is -0.139. The summed E-state index contributed by atoms with van der Waals surface area (Å²) in [5, 5.41) is 22.9. The number of furan rings is 1. The van der Waals surface area contributed by atoms with Gasteiger partial charge in [0.05, 0.1) is 22.9 Å². The van der Waals surface area contributed by atoms with Crippen molar-refractivity contribution in [2.45, 2.75) is 50.6 Å². The Morgan fingerprint density at radius 3 is 2.71 bits per heavy atom. The highest BCUT2D eigenvalue weighted by Gasteiger charge is 2.25. The van der Waals surface area contributed by atoms with Gasteiger partial charge in [-0.05, 0) is 61.4 Å². The summed E-state index contributed by atoms with van der Waals surface area (Å²) >= 11 is 0. The van der Waals surface area contributed by atoms with Crippen molar-refractivity contribution < 1.29 is 24.2 Å². The second kappa shape index (κ2) is 9.74. The summed E-state index contributed by atoms with van der Waals surface area (Å²) < 4.78 is 7.58. The van der Waals surface area contributed by atoms with Crippen LogP contribution in [0.3, 0.4) is 0 Å². The van der Waals surface area contributed by atoms with Crippen LogP contribution in [0, 0.1) is 0 Å². The predicted octanol–water partition coefficient (Wildman–Crippen LogP) is 5.41. The number of imidazole rings is 1. The van der Waals surface area contributed by atoms with Gasteiger partial charge in [0, 0.05) is 34.6 Å². The highest BCUT2D eigenvalue weighted by Crippen LogP contribution is 2.36. The van der Waals surface area contributed by atoms with E-state index in [4.69, 9.17) is 9.40 Å². The number of hydrogen-bond donors (Lipinski definition) is 4. The van der Waals surface area contributed by atoms with Gasteiger partial charge in [-0.15, -0.1) is 0 Å². The van der Waals surface area contributed by atoms with E-state index < -0.39 is 17.9 Å². The van der Waals surface area contributed by atoms with E-state index in [1.54, 1.807) is 48.9 Å². The van der Waals surface area contributed by atoms with Gasteiger partial charge in [0.25, 0.3) is 5.91 Å². The number of aromatic nitrogens is 3. The van der Waals surface area contributed by atoms with Crippen LogP contribution in [-0.2, 0) is 11.2 Å². The fourth-order valence-corrected chi connectivity index (χ4v) is 5.50. The SMILES string of the molecule is O=C(N[C@@H](Cc1cc2cc(O)ccc2[nH]1)C(=O)O)c1ccc2c(c1)nc(-c1ccoc1)n2C1CCCCC1. The summed E-state index contributed by atoms with van der Waals surface area (Å²) in [6.45, 7) is 0. The summed E-state index contributed by atoms with van der Waals surface area (Å²) in [6, 6.07) is 13.1. The number of phenols is 1. The molecule has 0 spiro atoms. The normalized spacial score (nSPS) is 15.2. The number of benzene rings is 2. The molecular formula is C29H28N4O5. The highest BCUT2D eigenvalue weighted by atomic mass is 16.4. The zero-order valence-electron chi connectivity index (χ0n) is 20.7. The average Bonchev–Trinajstić information content (AvgIpc) is 3.66. The first-order valence-corrected chi connectivity index (χ1v) is 12.8. The van der Waals surface area contributed by atoms with E-state index in [0.717, 1.165) is 40.6 Å². The molecule has 2 aromatic carbocycles. The Labute approximate surface area is 218 Å².